The Morgan fingerprint density at radius 1 is 0.622 bits per heavy atom. The van der Waals surface area contributed by atoms with Gasteiger partial charge in [0, 0.05) is 0 Å². The van der Waals surface area contributed by atoms with Crippen LogP contribution in [-0.2, 0) is 30.2 Å². The number of benzene rings is 1. The first-order valence-electron chi connectivity index (χ1n) is 13.6. The highest BCUT2D eigenvalue weighted by atomic mass is 32.3. The molecule has 8 aliphatic rings. The van der Waals surface area contributed by atoms with Crippen LogP contribution in [0.15, 0.2) is 29.2 Å². The Bertz CT molecular complexity index is 1400. The summed E-state index contributed by atoms with van der Waals surface area (Å²) in [6, 6.07) is 6.27. The molecular weight excluding hydrogens is 534 g/mol. The van der Waals surface area contributed by atoms with Gasteiger partial charge in [-0.3, -0.25) is 4.55 Å². The maximum Gasteiger partial charge on any atom is 0.294 e. The molecule has 204 valence electrons. The highest BCUT2D eigenvalue weighted by molar-refractivity contribution is 8.06. The van der Waals surface area contributed by atoms with E-state index in [-0.39, 0.29) is 28.6 Å². The molecular formula is C26H35NO7S3. The van der Waals surface area contributed by atoms with E-state index < -0.39 is 39.7 Å². The summed E-state index contributed by atoms with van der Waals surface area (Å²) in [4.78, 5) is -0.154. The van der Waals surface area contributed by atoms with Gasteiger partial charge in [0.05, 0.1) is 14.4 Å². The van der Waals surface area contributed by atoms with Gasteiger partial charge in [-0.25, -0.2) is 16.8 Å². The van der Waals surface area contributed by atoms with Crippen LogP contribution in [0.2, 0.25) is 0 Å². The maximum absolute atomic E-state index is 14.0. The van der Waals surface area contributed by atoms with Gasteiger partial charge in [-0.15, -0.1) is 4.13 Å². The molecule has 1 aromatic carbocycles. The average molecular weight is 570 g/mol. The van der Waals surface area contributed by atoms with Gasteiger partial charge in [0.25, 0.3) is 10.1 Å². The fourth-order valence-corrected chi connectivity index (χ4v) is 16.1. The van der Waals surface area contributed by atoms with Crippen molar-refractivity contribution >= 4 is 30.2 Å². The van der Waals surface area contributed by atoms with Crippen LogP contribution in [0.1, 0.15) is 82.1 Å². The van der Waals surface area contributed by atoms with Crippen molar-refractivity contribution in [2.75, 3.05) is 0 Å². The number of rotatable bonds is 6. The molecule has 37 heavy (non-hydrogen) atoms. The average Bonchev–Trinajstić information content (AvgIpc) is 2.76. The monoisotopic (exact) mass is 569 g/mol. The van der Waals surface area contributed by atoms with Gasteiger partial charge in [-0.1, -0.05) is 12.1 Å². The van der Waals surface area contributed by atoms with Crippen LogP contribution in [0, 0.1) is 35.5 Å². The largest absolute Gasteiger partial charge is 0.294 e. The predicted molar refractivity (Wildman–Crippen MR) is 137 cm³/mol. The van der Waals surface area contributed by atoms with Crippen LogP contribution >= 0.6 is 0 Å². The van der Waals surface area contributed by atoms with Crippen molar-refractivity contribution in [3.63, 3.8) is 0 Å². The van der Waals surface area contributed by atoms with Crippen LogP contribution in [0.25, 0.3) is 0 Å². The number of hydrogen-bond acceptors (Lipinski definition) is 6. The molecule has 8 fully saturated rings. The number of nitrogens with one attached hydrogen (secondary N) is 1. The topological polar surface area (TPSA) is 135 Å². The van der Waals surface area contributed by atoms with Gasteiger partial charge in [0.1, 0.15) is 0 Å². The molecule has 0 heterocycles. The molecule has 8 bridgehead atoms. The third-order valence-corrected chi connectivity index (χ3v) is 17.0. The van der Waals surface area contributed by atoms with E-state index in [0.717, 1.165) is 37.7 Å². The number of hydrogen-bond donors (Lipinski definition) is 2. The van der Waals surface area contributed by atoms with Crippen LogP contribution in [-0.4, -0.2) is 39.3 Å². The third kappa shape index (κ3) is 3.73. The normalized spacial score (nSPS) is 44.4. The van der Waals surface area contributed by atoms with Crippen molar-refractivity contribution in [2.45, 2.75) is 90.9 Å². The zero-order valence-electron chi connectivity index (χ0n) is 20.8. The van der Waals surface area contributed by atoms with E-state index in [2.05, 4.69) is 4.13 Å². The van der Waals surface area contributed by atoms with Crippen molar-refractivity contribution in [1.82, 2.24) is 4.13 Å². The fraction of sp³-hybridized carbons (Fsp3) is 0.769. The van der Waals surface area contributed by atoms with Crippen molar-refractivity contribution in [2.24, 2.45) is 35.5 Å². The summed E-state index contributed by atoms with van der Waals surface area (Å²) in [5.41, 5.74) is 0.961. The van der Waals surface area contributed by atoms with Gasteiger partial charge in [-0.05, 0) is 130 Å². The molecule has 0 aliphatic heterocycles. The first-order chi connectivity index (χ1) is 17.3. The standard InChI is InChI=1S/C26H35NO7S3/c28-35(29,30)23-3-1-20(2-4-23)24-21-8-19-9-22(24)15-26(13-19,14-21)37(33,34)27-36(31,32)25-10-16-5-17(11-25)7-18(6-16)12-25/h1-4,16-19,21-22,24,27H,5-15H2,(H,28,29,30). The molecule has 8 aliphatic carbocycles. The first-order valence-corrected chi connectivity index (χ1v) is 18.0. The molecule has 9 rings (SSSR count). The minimum absolute atomic E-state index is 0.0988. The molecule has 2 unspecified atom stereocenters. The van der Waals surface area contributed by atoms with E-state index in [9.17, 15) is 29.8 Å². The summed E-state index contributed by atoms with van der Waals surface area (Å²) in [6.07, 6.45) is 8.20. The smallest absolute Gasteiger partial charge is 0.282 e. The van der Waals surface area contributed by atoms with Crippen LogP contribution in [0.4, 0.5) is 0 Å². The Balaban J connectivity index is 1.16. The summed E-state index contributed by atoms with van der Waals surface area (Å²) in [6.45, 7) is 0. The molecule has 0 saturated heterocycles. The summed E-state index contributed by atoms with van der Waals surface area (Å²) in [5.74, 6) is 1.76. The third-order valence-electron chi connectivity index (χ3n) is 11.1. The van der Waals surface area contributed by atoms with E-state index in [0.29, 0.717) is 56.3 Å². The highest BCUT2D eigenvalue weighted by Crippen LogP contribution is 2.64. The molecule has 2 N–H and O–H groups in total. The highest BCUT2D eigenvalue weighted by Gasteiger charge is 2.64. The molecule has 0 radical (unpaired) electrons. The van der Waals surface area contributed by atoms with E-state index in [1.54, 1.807) is 12.1 Å². The van der Waals surface area contributed by atoms with E-state index >= 15 is 0 Å². The Morgan fingerprint density at radius 3 is 1.46 bits per heavy atom. The minimum Gasteiger partial charge on any atom is -0.282 e. The molecule has 0 spiro atoms. The second-order valence-corrected chi connectivity index (χ2v) is 19.2. The van der Waals surface area contributed by atoms with Crippen molar-refractivity contribution < 1.29 is 29.8 Å². The van der Waals surface area contributed by atoms with Crippen molar-refractivity contribution in [3.8, 4) is 0 Å². The summed E-state index contributed by atoms with van der Waals surface area (Å²) >= 11 is 0. The van der Waals surface area contributed by atoms with Gasteiger partial charge in [-0.2, -0.15) is 8.42 Å². The lowest BCUT2D eigenvalue weighted by Gasteiger charge is -2.59. The second-order valence-electron chi connectivity index (χ2n) is 13.4. The van der Waals surface area contributed by atoms with Gasteiger partial charge >= 0.3 is 0 Å². The molecule has 1 aromatic rings. The SMILES string of the molecule is O=S(=O)(O)c1ccc(C2C3CC4CC2CC(S(=O)(=O)NS(=O)(=O)C25CC6CC(CC(C6)C2)C5)(C4)C3)cc1. The summed E-state index contributed by atoms with van der Waals surface area (Å²) in [7, 11) is -12.4. The lowest BCUT2D eigenvalue weighted by atomic mass is 9.50. The molecule has 2 atom stereocenters. The van der Waals surface area contributed by atoms with Crippen LogP contribution < -0.4 is 4.13 Å². The lowest BCUT2D eigenvalue weighted by Crippen LogP contribution is -2.64. The molecule has 0 amide bonds. The van der Waals surface area contributed by atoms with E-state index in [1.807, 2.05) is 0 Å². The minimum atomic E-state index is -4.28. The van der Waals surface area contributed by atoms with Gasteiger partial charge in [0.2, 0.25) is 20.0 Å². The Morgan fingerprint density at radius 2 is 1.03 bits per heavy atom. The molecule has 0 aromatic heterocycles. The Kier molecular flexibility index (Phi) is 5.27. The van der Waals surface area contributed by atoms with Gasteiger partial charge in [0.15, 0.2) is 0 Å². The lowest BCUT2D eigenvalue weighted by molar-refractivity contribution is 0.0101. The predicted octanol–water partition coefficient (Wildman–Crippen LogP) is 3.81. The van der Waals surface area contributed by atoms with Gasteiger partial charge < -0.3 is 0 Å². The molecule has 11 heteroatoms. The van der Waals surface area contributed by atoms with Crippen molar-refractivity contribution in [1.29, 1.82) is 0 Å². The summed E-state index contributed by atoms with van der Waals surface area (Å²) in [5, 5.41) is 0. The zero-order valence-corrected chi connectivity index (χ0v) is 23.2. The van der Waals surface area contributed by atoms with E-state index in [1.165, 1.54) is 12.1 Å². The Labute approximate surface area is 219 Å². The number of sulfonamides is 2. The van der Waals surface area contributed by atoms with Crippen molar-refractivity contribution in [3.05, 3.63) is 29.8 Å². The van der Waals surface area contributed by atoms with E-state index in [4.69, 9.17) is 0 Å². The molecule has 8 nitrogen and oxygen atoms in total. The summed E-state index contributed by atoms with van der Waals surface area (Å²) < 4.78 is 88.3. The second kappa shape index (κ2) is 7.80. The van der Waals surface area contributed by atoms with Crippen LogP contribution in [0.3, 0.4) is 0 Å². The molecule has 8 saturated carbocycles. The fourth-order valence-electron chi connectivity index (χ4n) is 10.4. The zero-order chi connectivity index (χ0) is 26.0. The van der Waals surface area contributed by atoms with Crippen LogP contribution in [0.5, 0.6) is 0 Å². The first kappa shape index (κ1) is 25.0. The quantitative estimate of drug-likeness (QED) is 0.498. The Hall–Kier alpha value is -1.01. The maximum atomic E-state index is 14.0.